The van der Waals surface area contributed by atoms with Gasteiger partial charge in [0.15, 0.2) is 0 Å². The number of phenols is 1. The normalized spacial score (nSPS) is 12.5. The molecule has 0 atom stereocenters. The summed E-state index contributed by atoms with van der Waals surface area (Å²) in [7, 11) is 0. The molecule has 376 valence electrons. The SMILES string of the molecule is CC(C)(C)c1cc(-c2cc(-c3ccc(-c4ccccc4)c(C(F)(F)F)c3)ccn2)[c-]c(-c2cccc3c2nc(-c2cc(C(C)(C)C)cc(C(C)(C)C)c2O)n3-c2ccc(C(C)(C)C)cc2-c2ccccc2)c1.[Pt]. The molecule has 0 unspecified atom stereocenters. The van der Waals surface area contributed by atoms with E-state index < -0.39 is 11.7 Å². The number of benzene rings is 7. The van der Waals surface area contributed by atoms with E-state index in [0.29, 0.717) is 39.3 Å². The first kappa shape index (κ1) is 52.8. The molecule has 9 rings (SSSR count). The molecular weight excluding hydrogens is 1090 g/mol. The first-order chi connectivity index (χ1) is 33.8. The van der Waals surface area contributed by atoms with Crippen LogP contribution < -0.4 is 0 Å². The van der Waals surface area contributed by atoms with Crippen LogP contribution in [0.25, 0.3) is 83.9 Å². The largest absolute Gasteiger partial charge is 0.507 e. The maximum atomic E-state index is 14.7. The molecule has 0 saturated heterocycles. The van der Waals surface area contributed by atoms with E-state index in [1.165, 1.54) is 11.6 Å². The molecule has 0 saturated carbocycles. The number of nitrogens with zero attached hydrogens (tertiary/aromatic N) is 3. The molecule has 0 aliphatic heterocycles. The van der Waals surface area contributed by atoms with E-state index in [1.807, 2.05) is 18.2 Å². The van der Waals surface area contributed by atoms with E-state index in [9.17, 15) is 18.3 Å². The molecule has 0 amide bonds. The Morgan fingerprint density at radius 3 is 1.64 bits per heavy atom. The van der Waals surface area contributed by atoms with Gasteiger partial charge in [0.05, 0.1) is 27.8 Å². The second kappa shape index (κ2) is 19.4. The van der Waals surface area contributed by atoms with Crippen LogP contribution in [0, 0.1) is 6.07 Å². The van der Waals surface area contributed by atoms with E-state index in [4.69, 9.17) is 9.97 Å². The van der Waals surface area contributed by atoms with E-state index in [0.717, 1.165) is 55.7 Å². The monoisotopic (exact) mass is 1150 g/mol. The van der Waals surface area contributed by atoms with E-state index in [1.54, 1.807) is 54.7 Å². The summed E-state index contributed by atoms with van der Waals surface area (Å²) in [5.41, 5.74) is 12.1. The summed E-state index contributed by atoms with van der Waals surface area (Å²) in [4.78, 5) is 10.4. The number of fused-ring (bicyclic) bond motifs is 1. The Morgan fingerprint density at radius 1 is 0.466 bits per heavy atom. The van der Waals surface area contributed by atoms with E-state index in [-0.39, 0.29) is 54.0 Å². The van der Waals surface area contributed by atoms with Crippen molar-refractivity contribution in [3.8, 4) is 78.6 Å². The number of hydrogen-bond acceptors (Lipinski definition) is 3. The standard InChI is InChI=1S/C65H63F3N3O.Pt/c1-61(2,3)46-27-29-56(51(37-46)41-22-17-14-18-23-41)71-57-25-19-24-50(58(57)70-60(71)52-38-48(63(7,8)9)39-54(59(52)72)64(10,11)12)44-32-45(34-47(33-44)62(4,5)6)55-36-43(30-31-69-55)42-26-28-49(40-20-15-13-16-21-40)53(35-42)65(66,67)68;/h13-31,33-39,72H,1-12H3;/q-1;. The predicted molar refractivity (Wildman–Crippen MR) is 292 cm³/mol. The molecule has 0 aliphatic rings. The van der Waals surface area contributed by atoms with Gasteiger partial charge in [-0.15, -0.1) is 29.3 Å². The molecule has 0 fully saturated rings. The fraction of sp³-hybridized carbons (Fsp3) is 0.262. The Balaban J connectivity index is 0.00000711. The Morgan fingerprint density at radius 2 is 1.04 bits per heavy atom. The third-order valence-electron chi connectivity index (χ3n) is 13.7. The van der Waals surface area contributed by atoms with Crippen molar-refractivity contribution in [2.75, 3.05) is 0 Å². The molecule has 8 heteroatoms. The number of phenolic OH excluding ortho intramolecular Hbond substituents is 1. The van der Waals surface area contributed by atoms with Crippen molar-refractivity contribution >= 4 is 11.0 Å². The van der Waals surface area contributed by atoms with Crippen molar-refractivity contribution < 1.29 is 39.3 Å². The average molecular weight is 1150 g/mol. The number of hydrogen-bond donors (Lipinski definition) is 1. The number of aromatic hydroxyl groups is 1. The second-order valence-electron chi connectivity index (χ2n) is 23.2. The quantitative estimate of drug-likeness (QED) is 0.162. The molecule has 2 heterocycles. The van der Waals surface area contributed by atoms with Gasteiger partial charge in [0, 0.05) is 44.1 Å². The Kier molecular flexibility index (Phi) is 14.0. The fourth-order valence-electron chi connectivity index (χ4n) is 9.47. The maximum absolute atomic E-state index is 14.7. The second-order valence-corrected chi connectivity index (χ2v) is 23.2. The summed E-state index contributed by atoms with van der Waals surface area (Å²) >= 11 is 0. The first-order valence-electron chi connectivity index (χ1n) is 24.7. The number of halogens is 3. The fourth-order valence-corrected chi connectivity index (χ4v) is 9.47. The number of alkyl halides is 3. The Hall–Kier alpha value is -6.56. The van der Waals surface area contributed by atoms with Crippen LogP contribution in [-0.4, -0.2) is 19.6 Å². The molecule has 0 spiro atoms. The van der Waals surface area contributed by atoms with Gasteiger partial charge < -0.3 is 5.11 Å². The van der Waals surface area contributed by atoms with E-state index >= 15 is 0 Å². The van der Waals surface area contributed by atoms with Gasteiger partial charge in [0.2, 0.25) is 0 Å². The number of aromatic nitrogens is 3. The maximum Gasteiger partial charge on any atom is 0.417 e. The van der Waals surface area contributed by atoms with Gasteiger partial charge in [0.1, 0.15) is 11.6 Å². The van der Waals surface area contributed by atoms with Crippen molar-refractivity contribution in [1.82, 2.24) is 14.5 Å². The van der Waals surface area contributed by atoms with Crippen molar-refractivity contribution in [3.63, 3.8) is 0 Å². The minimum absolute atomic E-state index is 0. The zero-order valence-electron chi connectivity index (χ0n) is 43.8. The molecule has 0 bridgehead atoms. The molecular formula is C65H63F3N3OPt-. The minimum atomic E-state index is -4.57. The van der Waals surface area contributed by atoms with Crippen LogP contribution in [0.5, 0.6) is 5.75 Å². The molecule has 1 N–H and O–H groups in total. The predicted octanol–water partition coefficient (Wildman–Crippen LogP) is 18.1. The van der Waals surface area contributed by atoms with Gasteiger partial charge in [0.25, 0.3) is 0 Å². The zero-order chi connectivity index (χ0) is 51.7. The van der Waals surface area contributed by atoms with Gasteiger partial charge >= 0.3 is 6.18 Å². The zero-order valence-corrected chi connectivity index (χ0v) is 46.0. The average Bonchev–Trinajstić information content (AvgIpc) is 3.72. The summed E-state index contributed by atoms with van der Waals surface area (Å²) in [5, 5.41) is 12.6. The van der Waals surface area contributed by atoms with Gasteiger partial charge in [-0.25, -0.2) is 4.98 Å². The van der Waals surface area contributed by atoms with Gasteiger partial charge in [-0.05, 0) is 97.0 Å². The third kappa shape index (κ3) is 10.6. The summed E-state index contributed by atoms with van der Waals surface area (Å²) in [5.74, 6) is 0.790. The van der Waals surface area contributed by atoms with Crippen LogP contribution in [0.3, 0.4) is 0 Å². The van der Waals surface area contributed by atoms with Crippen LogP contribution in [0.2, 0.25) is 0 Å². The number of para-hydroxylation sites is 1. The minimum Gasteiger partial charge on any atom is -0.507 e. The van der Waals surface area contributed by atoms with Crippen LogP contribution in [-0.2, 0) is 48.9 Å². The Bertz CT molecular complexity index is 3490. The van der Waals surface area contributed by atoms with Gasteiger partial charge in [-0.1, -0.05) is 197 Å². The molecule has 0 radical (unpaired) electrons. The number of imidazole rings is 1. The summed E-state index contributed by atoms with van der Waals surface area (Å²) < 4.78 is 46.4. The Labute approximate surface area is 443 Å². The van der Waals surface area contributed by atoms with Crippen LogP contribution in [0.4, 0.5) is 13.2 Å². The molecule has 73 heavy (non-hydrogen) atoms. The van der Waals surface area contributed by atoms with Gasteiger partial charge in [-0.3, -0.25) is 9.55 Å². The summed E-state index contributed by atoms with van der Waals surface area (Å²) in [6.07, 6.45) is -2.93. The molecule has 4 nitrogen and oxygen atoms in total. The van der Waals surface area contributed by atoms with Crippen LogP contribution in [0.15, 0.2) is 158 Å². The van der Waals surface area contributed by atoms with Crippen LogP contribution >= 0.6 is 0 Å². The topological polar surface area (TPSA) is 50.9 Å². The number of rotatable bonds is 7. The first-order valence-corrected chi connectivity index (χ1v) is 24.7. The van der Waals surface area contributed by atoms with Gasteiger partial charge in [-0.2, -0.15) is 13.2 Å². The van der Waals surface area contributed by atoms with Crippen LogP contribution in [0.1, 0.15) is 111 Å². The molecule has 2 aromatic heterocycles. The van der Waals surface area contributed by atoms with E-state index in [2.05, 4.69) is 173 Å². The molecule has 0 aliphatic carbocycles. The summed E-state index contributed by atoms with van der Waals surface area (Å²) in [6, 6.07) is 52.3. The molecule has 9 aromatic rings. The molecule has 7 aromatic carbocycles. The van der Waals surface area contributed by atoms with Crippen molar-refractivity contribution in [3.05, 3.63) is 192 Å². The van der Waals surface area contributed by atoms with Crippen molar-refractivity contribution in [2.24, 2.45) is 0 Å². The van der Waals surface area contributed by atoms with Crippen molar-refractivity contribution in [1.29, 1.82) is 0 Å². The van der Waals surface area contributed by atoms with Crippen molar-refractivity contribution in [2.45, 2.75) is 111 Å². The third-order valence-corrected chi connectivity index (χ3v) is 13.7. The summed E-state index contributed by atoms with van der Waals surface area (Å²) in [6.45, 7) is 26.1. The number of pyridine rings is 1. The smallest absolute Gasteiger partial charge is 0.417 e.